The summed E-state index contributed by atoms with van der Waals surface area (Å²) in [6, 6.07) is 9.58. The van der Waals surface area contributed by atoms with Gasteiger partial charge in [0, 0.05) is 36.9 Å². The average molecular weight is 358 g/mol. The van der Waals surface area contributed by atoms with Gasteiger partial charge in [0.25, 0.3) is 0 Å². The summed E-state index contributed by atoms with van der Waals surface area (Å²) in [5.74, 6) is 0.421. The number of likely N-dealkylation sites (N-methyl/N-ethyl adjacent to an activating group) is 2. The highest BCUT2D eigenvalue weighted by atomic mass is 15.2. The second-order valence-electron chi connectivity index (χ2n) is 7.66. The van der Waals surface area contributed by atoms with Crippen LogP contribution < -0.4 is 4.90 Å². The first-order valence-electron chi connectivity index (χ1n) is 9.60. The standard InChI is InChI=1S/C24H27N3/c1-26(2)22-14-8-18(9-15-22)17-25-21-12-10-19(11-13-21)24-16-20-6-4-5-7-23(20)27(24)3/h4-15,17,19,22,24H,16H2,1-3H3. The van der Waals surface area contributed by atoms with Gasteiger partial charge >= 0.3 is 0 Å². The molecule has 1 aliphatic heterocycles. The number of anilines is 1. The highest BCUT2D eigenvalue weighted by molar-refractivity contribution is 6.05. The van der Waals surface area contributed by atoms with Crippen molar-refractivity contribution in [1.29, 1.82) is 0 Å². The van der Waals surface area contributed by atoms with Gasteiger partial charge < -0.3 is 4.90 Å². The minimum Gasteiger partial charge on any atom is -0.370 e. The van der Waals surface area contributed by atoms with E-state index in [9.17, 15) is 0 Å². The van der Waals surface area contributed by atoms with E-state index in [1.165, 1.54) is 11.3 Å². The van der Waals surface area contributed by atoms with Crippen LogP contribution in [0.3, 0.4) is 0 Å². The fourth-order valence-corrected chi connectivity index (χ4v) is 3.96. The molecule has 3 aliphatic rings. The lowest BCUT2D eigenvalue weighted by Crippen LogP contribution is -2.34. The van der Waals surface area contributed by atoms with E-state index in [0.29, 0.717) is 18.0 Å². The lowest BCUT2D eigenvalue weighted by Gasteiger charge is -2.28. The highest BCUT2D eigenvalue weighted by Gasteiger charge is 2.30. The Kier molecular flexibility index (Phi) is 4.95. The lowest BCUT2D eigenvalue weighted by atomic mass is 9.92. The third-order valence-corrected chi connectivity index (χ3v) is 5.65. The van der Waals surface area contributed by atoms with Crippen molar-refractivity contribution in [3.05, 3.63) is 90.2 Å². The minimum atomic E-state index is 0.373. The van der Waals surface area contributed by atoms with Crippen LogP contribution >= 0.6 is 0 Å². The molecule has 0 aromatic heterocycles. The zero-order valence-electron chi connectivity index (χ0n) is 16.3. The maximum atomic E-state index is 4.65. The van der Waals surface area contributed by atoms with Crippen LogP contribution in [0.4, 0.5) is 5.69 Å². The Bertz CT molecular complexity index is 851. The number of rotatable bonds is 3. The summed E-state index contributed by atoms with van der Waals surface area (Å²) in [5, 5.41) is 0. The molecule has 0 bridgehead atoms. The van der Waals surface area contributed by atoms with Gasteiger partial charge in [-0.2, -0.15) is 0 Å². The molecular weight excluding hydrogens is 330 g/mol. The summed E-state index contributed by atoms with van der Waals surface area (Å²) in [4.78, 5) is 9.24. The number of benzene rings is 1. The van der Waals surface area contributed by atoms with E-state index in [-0.39, 0.29) is 0 Å². The Labute approximate surface area is 162 Å². The van der Waals surface area contributed by atoms with Crippen LogP contribution in [0.2, 0.25) is 0 Å². The average Bonchev–Trinajstić information content (AvgIpc) is 3.04. The molecule has 1 aromatic rings. The van der Waals surface area contributed by atoms with Gasteiger partial charge in [-0.15, -0.1) is 0 Å². The summed E-state index contributed by atoms with van der Waals surface area (Å²) >= 11 is 0. The van der Waals surface area contributed by atoms with Crippen molar-refractivity contribution in [1.82, 2.24) is 4.90 Å². The van der Waals surface area contributed by atoms with Crippen LogP contribution in [0, 0.1) is 5.92 Å². The fraction of sp³-hybridized carbons (Fsp3) is 0.292. The molecule has 27 heavy (non-hydrogen) atoms. The van der Waals surface area contributed by atoms with Gasteiger partial charge in [-0.3, -0.25) is 9.89 Å². The van der Waals surface area contributed by atoms with E-state index < -0.39 is 0 Å². The Hall–Kier alpha value is -2.65. The van der Waals surface area contributed by atoms with Crippen molar-refractivity contribution in [3.63, 3.8) is 0 Å². The molecule has 0 saturated heterocycles. The molecule has 0 saturated carbocycles. The first-order valence-corrected chi connectivity index (χ1v) is 9.60. The molecule has 0 fully saturated rings. The molecule has 3 nitrogen and oxygen atoms in total. The van der Waals surface area contributed by atoms with E-state index in [1.54, 1.807) is 0 Å². The smallest absolute Gasteiger partial charge is 0.0623 e. The molecule has 0 radical (unpaired) electrons. The number of hydrogen-bond donors (Lipinski definition) is 0. The zero-order valence-corrected chi connectivity index (χ0v) is 16.3. The van der Waals surface area contributed by atoms with E-state index in [2.05, 4.69) is 109 Å². The van der Waals surface area contributed by atoms with Crippen molar-refractivity contribution in [2.24, 2.45) is 10.9 Å². The summed E-state index contributed by atoms with van der Waals surface area (Å²) in [6.07, 6.45) is 20.6. The second kappa shape index (κ2) is 7.53. The zero-order chi connectivity index (χ0) is 18.8. The largest absolute Gasteiger partial charge is 0.370 e. The van der Waals surface area contributed by atoms with Gasteiger partial charge in [0.2, 0.25) is 0 Å². The number of nitrogens with zero attached hydrogens (tertiary/aromatic N) is 3. The predicted molar refractivity (Wildman–Crippen MR) is 115 cm³/mol. The quantitative estimate of drug-likeness (QED) is 0.808. The summed E-state index contributed by atoms with van der Waals surface area (Å²) in [6.45, 7) is 0. The summed E-state index contributed by atoms with van der Waals surface area (Å²) in [7, 11) is 6.38. The van der Waals surface area contributed by atoms with Crippen LogP contribution in [-0.2, 0) is 6.42 Å². The molecule has 4 rings (SSSR count). The van der Waals surface area contributed by atoms with Crippen LogP contribution in [0.15, 0.2) is 89.6 Å². The highest BCUT2D eigenvalue weighted by Crippen LogP contribution is 2.35. The van der Waals surface area contributed by atoms with E-state index in [0.717, 1.165) is 17.7 Å². The van der Waals surface area contributed by atoms with Crippen molar-refractivity contribution >= 4 is 11.4 Å². The van der Waals surface area contributed by atoms with Crippen LogP contribution in [0.1, 0.15) is 5.56 Å². The normalized spacial score (nSPS) is 26.1. The predicted octanol–water partition coefficient (Wildman–Crippen LogP) is 4.17. The van der Waals surface area contributed by atoms with E-state index in [4.69, 9.17) is 0 Å². The summed E-state index contributed by atoms with van der Waals surface area (Å²) in [5.41, 5.74) is 4.95. The maximum Gasteiger partial charge on any atom is 0.0623 e. The maximum absolute atomic E-state index is 4.65. The Morgan fingerprint density at radius 2 is 1.70 bits per heavy atom. The van der Waals surface area contributed by atoms with Crippen molar-refractivity contribution < 1.29 is 0 Å². The molecule has 3 heteroatoms. The molecule has 1 atom stereocenters. The second-order valence-corrected chi connectivity index (χ2v) is 7.66. The van der Waals surface area contributed by atoms with Gasteiger partial charge in [-0.25, -0.2) is 0 Å². The van der Waals surface area contributed by atoms with Gasteiger partial charge in [-0.05, 0) is 49.9 Å². The van der Waals surface area contributed by atoms with Crippen LogP contribution in [-0.4, -0.2) is 43.8 Å². The molecule has 1 heterocycles. The van der Waals surface area contributed by atoms with Crippen molar-refractivity contribution in [2.45, 2.75) is 18.5 Å². The van der Waals surface area contributed by atoms with Crippen molar-refractivity contribution in [2.75, 3.05) is 26.0 Å². The van der Waals surface area contributed by atoms with Gasteiger partial charge in [-0.1, -0.05) is 54.7 Å². The molecular formula is C24H27N3. The SMILES string of the molecule is CN(C)C1C=CC(=CN=C2C=CC(C3Cc4ccccc4N3C)C=C2)C=C1. The fourth-order valence-electron chi connectivity index (χ4n) is 3.96. The first-order chi connectivity index (χ1) is 13.1. The first kappa shape index (κ1) is 17.7. The van der Waals surface area contributed by atoms with Gasteiger partial charge in [0.1, 0.15) is 0 Å². The molecule has 1 aromatic carbocycles. The molecule has 138 valence electrons. The third-order valence-electron chi connectivity index (χ3n) is 5.65. The molecule has 2 aliphatic carbocycles. The van der Waals surface area contributed by atoms with Crippen molar-refractivity contribution in [3.8, 4) is 0 Å². The number of fused-ring (bicyclic) bond motifs is 1. The van der Waals surface area contributed by atoms with Gasteiger partial charge in [0.05, 0.1) is 5.71 Å². The Morgan fingerprint density at radius 1 is 1.00 bits per heavy atom. The summed E-state index contributed by atoms with van der Waals surface area (Å²) < 4.78 is 0. The number of allylic oxidation sites excluding steroid dienone is 5. The topological polar surface area (TPSA) is 18.8 Å². The Balaban J connectivity index is 1.41. The number of para-hydroxylation sites is 1. The molecule has 0 N–H and O–H groups in total. The number of aliphatic imine (C=N–C) groups is 1. The van der Waals surface area contributed by atoms with E-state index in [1.807, 2.05) is 6.20 Å². The third kappa shape index (κ3) is 3.74. The van der Waals surface area contributed by atoms with Crippen LogP contribution in [0.5, 0.6) is 0 Å². The van der Waals surface area contributed by atoms with Crippen LogP contribution in [0.25, 0.3) is 0 Å². The Morgan fingerprint density at radius 3 is 2.37 bits per heavy atom. The lowest BCUT2D eigenvalue weighted by molar-refractivity contribution is 0.390. The number of hydrogen-bond acceptors (Lipinski definition) is 3. The molecule has 1 unspecified atom stereocenters. The van der Waals surface area contributed by atoms with E-state index >= 15 is 0 Å². The molecule has 0 amide bonds. The monoisotopic (exact) mass is 357 g/mol. The van der Waals surface area contributed by atoms with Gasteiger partial charge in [0.15, 0.2) is 0 Å². The molecule has 0 spiro atoms. The minimum absolute atomic E-state index is 0.373.